The summed E-state index contributed by atoms with van der Waals surface area (Å²) >= 11 is 1.62. The number of hydrogen-bond acceptors (Lipinski definition) is 6. The van der Waals surface area contributed by atoms with E-state index in [4.69, 9.17) is 4.52 Å². The SMILES string of the molecule is Cc1nc(-c2ccc(-c3noc(CNC(=O)c4ccccc4)n3)cc2)cs1. The molecule has 0 aliphatic heterocycles. The zero-order valence-corrected chi connectivity index (χ0v) is 15.4. The summed E-state index contributed by atoms with van der Waals surface area (Å²) in [4.78, 5) is 20.9. The Morgan fingerprint density at radius 3 is 2.48 bits per heavy atom. The second kappa shape index (κ2) is 7.51. The van der Waals surface area contributed by atoms with E-state index in [1.165, 1.54) is 0 Å². The van der Waals surface area contributed by atoms with Gasteiger partial charge in [0.25, 0.3) is 5.91 Å². The predicted molar refractivity (Wildman–Crippen MR) is 103 cm³/mol. The molecule has 0 saturated carbocycles. The molecule has 0 fully saturated rings. The molecule has 0 aliphatic rings. The first-order valence-corrected chi connectivity index (χ1v) is 9.26. The van der Waals surface area contributed by atoms with Gasteiger partial charge in [0.1, 0.15) is 0 Å². The highest BCUT2D eigenvalue weighted by Gasteiger charge is 2.11. The van der Waals surface area contributed by atoms with Crippen LogP contribution in [0.15, 0.2) is 64.5 Å². The van der Waals surface area contributed by atoms with Crippen LogP contribution in [-0.4, -0.2) is 21.0 Å². The molecule has 0 atom stereocenters. The monoisotopic (exact) mass is 376 g/mol. The van der Waals surface area contributed by atoms with Gasteiger partial charge in [-0.1, -0.05) is 47.6 Å². The second-order valence-electron chi connectivity index (χ2n) is 5.89. The molecule has 6 nitrogen and oxygen atoms in total. The molecule has 134 valence electrons. The molecule has 0 spiro atoms. The Morgan fingerprint density at radius 1 is 1.04 bits per heavy atom. The summed E-state index contributed by atoms with van der Waals surface area (Å²) < 4.78 is 5.24. The van der Waals surface area contributed by atoms with Gasteiger partial charge in [-0.05, 0) is 19.1 Å². The summed E-state index contributed by atoms with van der Waals surface area (Å²) in [5, 5.41) is 9.83. The van der Waals surface area contributed by atoms with E-state index in [1.54, 1.807) is 23.5 Å². The minimum absolute atomic E-state index is 0.177. The third-order valence-electron chi connectivity index (χ3n) is 3.96. The molecule has 7 heteroatoms. The van der Waals surface area contributed by atoms with E-state index in [0.717, 1.165) is 21.8 Å². The summed E-state index contributed by atoms with van der Waals surface area (Å²) in [7, 11) is 0. The predicted octanol–water partition coefficient (Wildman–Crippen LogP) is 4.10. The van der Waals surface area contributed by atoms with Crippen molar-refractivity contribution >= 4 is 17.2 Å². The van der Waals surface area contributed by atoms with Crippen molar-refractivity contribution in [2.75, 3.05) is 0 Å². The van der Waals surface area contributed by atoms with Crippen molar-refractivity contribution in [3.05, 3.63) is 76.4 Å². The highest BCUT2D eigenvalue weighted by atomic mass is 32.1. The normalized spacial score (nSPS) is 10.7. The Balaban J connectivity index is 1.42. The number of aromatic nitrogens is 3. The summed E-state index contributed by atoms with van der Waals surface area (Å²) in [5.74, 6) is 0.659. The molecule has 27 heavy (non-hydrogen) atoms. The van der Waals surface area contributed by atoms with Gasteiger partial charge in [0.15, 0.2) is 0 Å². The average Bonchev–Trinajstić information content (AvgIpc) is 3.36. The standard InChI is InChI=1S/C20H16N4O2S/c1-13-22-17(12-27-13)14-7-9-15(10-8-14)19-23-18(26-24-19)11-21-20(25)16-5-3-2-4-6-16/h2-10,12H,11H2,1H3,(H,21,25). The maximum absolute atomic E-state index is 12.1. The molecule has 0 saturated heterocycles. The first kappa shape index (κ1) is 17.1. The Morgan fingerprint density at radius 2 is 1.78 bits per heavy atom. The lowest BCUT2D eigenvalue weighted by atomic mass is 10.1. The van der Waals surface area contributed by atoms with Gasteiger partial charge in [-0.25, -0.2) is 4.98 Å². The molecule has 4 aromatic rings. The van der Waals surface area contributed by atoms with Crippen LogP contribution in [0.4, 0.5) is 0 Å². The number of hydrogen-bond donors (Lipinski definition) is 1. The number of benzene rings is 2. The fourth-order valence-electron chi connectivity index (χ4n) is 2.58. The van der Waals surface area contributed by atoms with Crippen LogP contribution in [0.5, 0.6) is 0 Å². The van der Waals surface area contributed by atoms with Crippen molar-refractivity contribution in [3.63, 3.8) is 0 Å². The Labute approximate surface area is 159 Å². The maximum atomic E-state index is 12.1. The van der Waals surface area contributed by atoms with Crippen molar-refractivity contribution in [2.45, 2.75) is 13.5 Å². The number of thiazole rings is 1. The lowest BCUT2D eigenvalue weighted by Crippen LogP contribution is -2.22. The van der Waals surface area contributed by atoms with Crippen LogP contribution in [0, 0.1) is 6.92 Å². The van der Waals surface area contributed by atoms with Gasteiger partial charge in [0, 0.05) is 22.1 Å². The van der Waals surface area contributed by atoms with Gasteiger partial charge >= 0.3 is 0 Å². The molecule has 2 aromatic carbocycles. The Kier molecular flexibility index (Phi) is 4.76. The van der Waals surface area contributed by atoms with Crippen molar-refractivity contribution in [1.29, 1.82) is 0 Å². The third kappa shape index (κ3) is 3.93. The molecule has 0 unspecified atom stereocenters. The third-order valence-corrected chi connectivity index (χ3v) is 4.74. The lowest BCUT2D eigenvalue weighted by molar-refractivity contribution is 0.0946. The van der Waals surface area contributed by atoms with Crippen LogP contribution in [0.3, 0.4) is 0 Å². The summed E-state index contributed by atoms with van der Waals surface area (Å²) in [6, 6.07) is 16.8. The highest BCUT2D eigenvalue weighted by Crippen LogP contribution is 2.24. The van der Waals surface area contributed by atoms with Gasteiger partial charge in [-0.15, -0.1) is 11.3 Å². The van der Waals surface area contributed by atoms with Gasteiger partial charge in [-0.2, -0.15) is 4.98 Å². The molecule has 0 bridgehead atoms. The van der Waals surface area contributed by atoms with Crippen molar-refractivity contribution in [3.8, 4) is 22.6 Å². The summed E-state index contributed by atoms with van der Waals surface area (Å²) in [5.41, 5.74) is 3.43. The van der Waals surface area contributed by atoms with E-state index in [1.807, 2.05) is 54.8 Å². The molecular formula is C20H16N4O2S. The molecule has 2 heterocycles. The van der Waals surface area contributed by atoms with E-state index in [2.05, 4.69) is 20.4 Å². The van der Waals surface area contributed by atoms with Crippen molar-refractivity contribution in [1.82, 2.24) is 20.4 Å². The molecule has 0 aliphatic carbocycles. The van der Waals surface area contributed by atoms with Gasteiger partial charge in [0.05, 0.1) is 17.2 Å². The zero-order chi connectivity index (χ0) is 18.6. The topological polar surface area (TPSA) is 80.9 Å². The van der Waals surface area contributed by atoms with E-state index < -0.39 is 0 Å². The zero-order valence-electron chi connectivity index (χ0n) is 14.5. The Bertz CT molecular complexity index is 1060. The number of carbonyl (C=O) groups excluding carboxylic acids is 1. The molecule has 1 amide bonds. The number of nitrogens with zero attached hydrogens (tertiary/aromatic N) is 3. The molecule has 1 N–H and O–H groups in total. The van der Waals surface area contributed by atoms with Gasteiger partial charge in [-0.3, -0.25) is 4.79 Å². The van der Waals surface area contributed by atoms with Crippen molar-refractivity contribution < 1.29 is 9.32 Å². The van der Waals surface area contributed by atoms with Gasteiger partial charge < -0.3 is 9.84 Å². The number of amides is 1. The number of nitrogens with one attached hydrogen (secondary N) is 1. The van der Waals surface area contributed by atoms with Crippen LogP contribution in [0.2, 0.25) is 0 Å². The number of aryl methyl sites for hydroxylation is 1. The van der Waals surface area contributed by atoms with Crippen LogP contribution < -0.4 is 5.32 Å². The largest absolute Gasteiger partial charge is 0.343 e. The minimum Gasteiger partial charge on any atom is -0.343 e. The molecule has 2 aromatic heterocycles. The van der Waals surface area contributed by atoms with E-state index in [0.29, 0.717) is 17.3 Å². The maximum Gasteiger partial charge on any atom is 0.251 e. The second-order valence-corrected chi connectivity index (χ2v) is 6.95. The highest BCUT2D eigenvalue weighted by molar-refractivity contribution is 7.09. The van der Waals surface area contributed by atoms with E-state index in [9.17, 15) is 4.79 Å². The van der Waals surface area contributed by atoms with E-state index in [-0.39, 0.29) is 12.5 Å². The quantitative estimate of drug-likeness (QED) is 0.567. The summed E-state index contributed by atoms with van der Waals surface area (Å²) in [6.45, 7) is 2.16. The van der Waals surface area contributed by atoms with Gasteiger partial charge in [0.2, 0.25) is 11.7 Å². The first-order chi connectivity index (χ1) is 13.2. The Hall–Kier alpha value is -3.32. The first-order valence-electron chi connectivity index (χ1n) is 8.38. The number of rotatable bonds is 5. The van der Waals surface area contributed by atoms with Crippen LogP contribution >= 0.6 is 11.3 Å². The average molecular weight is 376 g/mol. The van der Waals surface area contributed by atoms with Crippen LogP contribution in [0.25, 0.3) is 22.6 Å². The van der Waals surface area contributed by atoms with E-state index >= 15 is 0 Å². The molecular weight excluding hydrogens is 360 g/mol. The smallest absolute Gasteiger partial charge is 0.251 e. The van der Waals surface area contributed by atoms with Crippen LogP contribution in [0.1, 0.15) is 21.3 Å². The fourth-order valence-corrected chi connectivity index (χ4v) is 3.20. The lowest BCUT2D eigenvalue weighted by Gasteiger charge is -2.01. The minimum atomic E-state index is -0.182. The van der Waals surface area contributed by atoms with Crippen molar-refractivity contribution in [2.24, 2.45) is 0 Å². The molecule has 4 rings (SSSR count). The fraction of sp³-hybridized carbons (Fsp3) is 0.100. The van der Waals surface area contributed by atoms with Crippen LogP contribution in [-0.2, 0) is 6.54 Å². The molecule has 0 radical (unpaired) electrons. The summed E-state index contributed by atoms with van der Waals surface area (Å²) in [6.07, 6.45) is 0. The number of carbonyl (C=O) groups is 1.